The van der Waals surface area contributed by atoms with E-state index in [-0.39, 0.29) is 17.7 Å². The van der Waals surface area contributed by atoms with E-state index in [1.165, 1.54) is 23.1 Å². The fourth-order valence-electron chi connectivity index (χ4n) is 3.65. The van der Waals surface area contributed by atoms with Crippen molar-refractivity contribution in [1.29, 1.82) is 0 Å². The van der Waals surface area contributed by atoms with Gasteiger partial charge in [-0.05, 0) is 42.0 Å². The molecule has 9 nitrogen and oxygen atoms in total. The summed E-state index contributed by atoms with van der Waals surface area (Å²) >= 11 is 1.35. The summed E-state index contributed by atoms with van der Waals surface area (Å²) in [5, 5.41) is 11.9. The molecule has 32 heavy (non-hydrogen) atoms. The van der Waals surface area contributed by atoms with E-state index < -0.39 is 0 Å². The highest BCUT2D eigenvalue weighted by atomic mass is 32.2. The molecule has 10 heteroatoms. The number of carbonyl (C=O) groups excluding carboxylic acids is 1. The molecule has 0 fully saturated rings. The third-order valence-corrected chi connectivity index (χ3v) is 6.28. The lowest BCUT2D eigenvalue weighted by Gasteiger charge is -2.19. The third kappa shape index (κ3) is 3.73. The molecule has 5 rings (SSSR count). The number of furan rings is 1. The van der Waals surface area contributed by atoms with Gasteiger partial charge in [-0.25, -0.2) is 15.0 Å². The second kappa shape index (κ2) is 8.46. The van der Waals surface area contributed by atoms with Crippen molar-refractivity contribution < 1.29 is 13.9 Å². The molecule has 0 N–H and O–H groups in total. The zero-order valence-electron chi connectivity index (χ0n) is 17.5. The molecular weight excluding hydrogens is 428 g/mol. The van der Waals surface area contributed by atoms with E-state index >= 15 is 0 Å². The number of hydrogen-bond donors (Lipinski definition) is 0. The summed E-state index contributed by atoms with van der Waals surface area (Å²) in [4.78, 5) is 21.8. The Morgan fingerprint density at radius 2 is 2.09 bits per heavy atom. The first-order valence-corrected chi connectivity index (χ1v) is 11.0. The van der Waals surface area contributed by atoms with Crippen LogP contribution in [0.1, 0.15) is 23.8 Å². The summed E-state index contributed by atoms with van der Waals surface area (Å²) in [7, 11) is 3.45. The Hall–Kier alpha value is -3.66. The van der Waals surface area contributed by atoms with Gasteiger partial charge >= 0.3 is 0 Å². The summed E-state index contributed by atoms with van der Waals surface area (Å²) in [6.07, 6.45) is 5.37. The fraction of sp³-hybridized carbons (Fsp3) is 0.227. The minimum atomic E-state index is -0.293. The Kier molecular flexibility index (Phi) is 5.36. The molecule has 0 saturated carbocycles. The maximum Gasteiger partial charge on any atom is 0.253 e. The number of thioether (sulfide) groups is 1. The fourth-order valence-corrected chi connectivity index (χ4v) is 4.47. The van der Waals surface area contributed by atoms with Crippen molar-refractivity contribution in [3.8, 4) is 5.75 Å². The van der Waals surface area contributed by atoms with E-state index in [0.717, 1.165) is 28.1 Å². The molecule has 3 aromatic heterocycles. The minimum absolute atomic E-state index is 0.129. The number of nitrogens with zero attached hydrogens (tertiary/aromatic N) is 6. The van der Waals surface area contributed by atoms with Crippen molar-refractivity contribution >= 4 is 34.4 Å². The molecule has 1 unspecified atom stereocenters. The number of aryl methyl sites for hydroxylation is 1. The maximum atomic E-state index is 13.2. The normalized spacial score (nSPS) is 15.9. The van der Waals surface area contributed by atoms with Crippen molar-refractivity contribution in [3.63, 3.8) is 0 Å². The van der Waals surface area contributed by atoms with E-state index in [2.05, 4.69) is 20.2 Å². The third-order valence-electron chi connectivity index (χ3n) is 5.29. The minimum Gasteiger partial charge on any atom is -0.497 e. The molecule has 1 atom stereocenters. The Labute approximate surface area is 188 Å². The molecule has 0 saturated heterocycles. The van der Waals surface area contributed by atoms with Crippen molar-refractivity contribution in [3.05, 3.63) is 66.5 Å². The summed E-state index contributed by atoms with van der Waals surface area (Å²) in [5.41, 5.74) is 2.49. The number of fused-ring (bicyclic) bond motifs is 1. The molecule has 4 heterocycles. The van der Waals surface area contributed by atoms with Crippen LogP contribution in [-0.2, 0) is 11.8 Å². The highest BCUT2D eigenvalue weighted by molar-refractivity contribution is 8.00. The largest absolute Gasteiger partial charge is 0.497 e. The number of methoxy groups -OCH3 is 1. The molecule has 1 aromatic carbocycles. The van der Waals surface area contributed by atoms with Crippen LogP contribution in [0, 0.1) is 0 Å². The van der Waals surface area contributed by atoms with Gasteiger partial charge in [0, 0.05) is 13.5 Å². The van der Waals surface area contributed by atoms with Gasteiger partial charge in [-0.1, -0.05) is 11.8 Å². The molecule has 162 valence electrons. The first kappa shape index (κ1) is 20.3. The second-order valence-electron chi connectivity index (χ2n) is 7.22. The van der Waals surface area contributed by atoms with Crippen LogP contribution in [-0.4, -0.2) is 49.2 Å². The van der Waals surface area contributed by atoms with Gasteiger partial charge in [0.1, 0.15) is 28.9 Å². The monoisotopic (exact) mass is 448 g/mol. The average molecular weight is 449 g/mol. The van der Waals surface area contributed by atoms with Crippen molar-refractivity contribution in [2.24, 2.45) is 12.1 Å². The van der Waals surface area contributed by atoms with E-state index in [4.69, 9.17) is 9.15 Å². The van der Waals surface area contributed by atoms with Crippen molar-refractivity contribution in [2.75, 3.05) is 12.9 Å². The average Bonchev–Trinajstić information content (AvgIpc) is 3.58. The van der Waals surface area contributed by atoms with E-state index in [1.807, 2.05) is 43.4 Å². The number of ether oxygens (including phenoxy) is 1. The van der Waals surface area contributed by atoms with Gasteiger partial charge < -0.3 is 9.15 Å². The Balaban J connectivity index is 1.39. The zero-order chi connectivity index (χ0) is 22.1. The van der Waals surface area contributed by atoms with Crippen LogP contribution in [0.2, 0.25) is 0 Å². The lowest BCUT2D eigenvalue weighted by molar-refractivity contribution is -0.130. The summed E-state index contributed by atoms with van der Waals surface area (Å²) < 4.78 is 12.5. The van der Waals surface area contributed by atoms with Crippen LogP contribution in [0.5, 0.6) is 5.75 Å². The standard InChI is InChI=1S/C22H20N6O3S/c1-27-21-16(11-25-27)22(24-13-23-21)32-12-20(29)28-18(19-4-3-9-31-19)10-17(26-28)14-5-7-15(30-2)8-6-14/h3-9,11,13,18H,10,12H2,1-2H3. The lowest BCUT2D eigenvalue weighted by atomic mass is 10.0. The highest BCUT2D eigenvalue weighted by Crippen LogP contribution is 2.34. The highest BCUT2D eigenvalue weighted by Gasteiger charge is 2.34. The van der Waals surface area contributed by atoms with Gasteiger partial charge in [-0.3, -0.25) is 9.48 Å². The van der Waals surface area contributed by atoms with Gasteiger partial charge in [0.2, 0.25) is 0 Å². The van der Waals surface area contributed by atoms with E-state index in [0.29, 0.717) is 17.2 Å². The first-order valence-electron chi connectivity index (χ1n) is 9.97. The Morgan fingerprint density at radius 1 is 1.25 bits per heavy atom. The number of amides is 1. The number of aromatic nitrogens is 4. The maximum absolute atomic E-state index is 13.2. The van der Waals surface area contributed by atoms with Crippen LogP contribution in [0.3, 0.4) is 0 Å². The number of rotatable bonds is 6. The van der Waals surface area contributed by atoms with Gasteiger partial charge in [0.15, 0.2) is 5.65 Å². The number of carbonyl (C=O) groups is 1. The van der Waals surface area contributed by atoms with Crippen LogP contribution >= 0.6 is 11.8 Å². The van der Waals surface area contributed by atoms with Gasteiger partial charge in [-0.2, -0.15) is 10.2 Å². The van der Waals surface area contributed by atoms with Crippen LogP contribution in [0.15, 0.2) is 69.7 Å². The molecule has 1 amide bonds. The molecule has 0 aliphatic carbocycles. The zero-order valence-corrected chi connectivity index (χ0v) is 18.3. The SMILES string of the molecule is COc1ccc(C2=NN(C(=O)CSc3ncnc4c3cnn4C)C(c3ccco3)C2)cc1. The molecule has 4 aromatic rings. The Bertz CT molecular complexity index is 1280. The summed E-state index contributed by atoms with van der Waals surface area (Å²) in [6.45, 7) is 0. The van der Waals surface area contributed by atoms with Gasteiger partial charge in [0.25, 0.3) is 5.91 Å². The predicted molar refractivity (Wildman–Crippen MR) is 119 cm³/mol. The molecule has 0 spiro atoms. The van der Waals surface area contributed by atoms with Crippen LogP contribution in [0.4, 0.5) is 0 Å². The van der Waals surface area contributed by atoms with Crippen molar-refractivity contribution in [2.45, 2.75) is 17.5 Å². The van der Waals surface area contributed by atoms with Gasteiger partial charge in [0.05, 0.1) is 36.4 Å². The molecule has 1 aliphatic rings. The topological polar surface area (TPSA) is 98.6 Å². The quantitative estimate of drug-likeness (QED) is 0.329. The molecule has 1 aliphatic heterocycles. The molecule has 0 radical (unpaired) electrons. The van der Waals surface area contributed by atoms with Gasteiger partial charge in [-0.15, -0.1) is 0 Å². The number of benzene rings is 1. The smallest absolute Gasteiger partial charge is 0.253 e. The Morgan fingerprint density at radius 3 is 2.84 bits per heavy atom. The number of hydrazone groups is 1. The van der Waals surface area contributed by atoms with Crippen LogP contribution < -0.4 is 4.74 Å². The van der Waals surface area contributed by atoms with E-state index in [1.54, 1.807) is 24.3 Å². The second-order valence-corrected chi connectivity index (χ2v) is 8.19. The summed E-state index contributed by atoms with van der Waals surface area (Å²) in [6, 6.07) is 11.0. The van der Waals surface area contributed by atoms with Crippen LogP contribution in [0.25, 0.3) is 11.0 Å². The van der Waals surface area contributed by atoms with E-state index in [9.17, 15) is 4.79 Å². The molecule has 0 bridgehead atoms. The lowest BCUT2D eigenvalue weighted by Crippen LogP contribution is -2.28. The number of hydrogen-bond acceptors (Lipinski definition) is 8. The predicted octanol–water partition coefficient (Wildman–Crippen LogP) is 3.43. The first-order chi connectivity index (χ1) is 15.6. The molecular formula is C22H20N6O3S. The van der Waals surface area contributed by atoms with Crippen molar-refractivity contribution in [1.82, 2.24) is 24.8 Å². The summed E-state index contributed by atoms with van der Waals surface area (Å²) in [5.74, 6) is 1.52.